The number of aromatic nitrogens is 2. The van der Waals surface area contributed by atoms with Crippen molar-refractivity contribution < 1.29 is 0 Å². The number of hydrogen-bond acceptors (Lipinski definition) is 4. The van der Waals surface area contributed by atoms with Gasteiger partial charge in [0.05, 0.1) is 0 Å². The Bertz CT molecular complexity index is 409. The molecule has 2 N–H and O–H groups in total. The van der Waals surface area contributed by atoms with Gasteiger partial charge in [-0.15, -0.1) is 0 Å². The summed E-state index contributed by atoms with van der Waals surface area (Å²) in [6.07, 6.45) is 3.36. The number of aryl methyl sites for hydroxylation is 2. The Balaban J connectivity index is 2.23. The van der Waals surface area contributed by atoms with E-state index in [4.69, 9.17) is 5.73 Å². The van der Waals surface area contributed by atoms with Crippen LogP contribution in [-0.4, -0.2) is 29.6 Å². The van der Waals surface area contributed by atoms with Gasteiger partial charge in [-0.05, 0) is 45.6 Å². The average Bonchev–Trinajstić information content (AvgIpc) is 2.38. The van der Waals surface area contributed by atoms with Crippen LogP contribution in [0.1, 0.15) is 36.8 Å². The zero-order valence-corrected chi connectivity index (χ0v) is 11.7. The predicted octanol–water partition coefficient (Wildman–Crippen LogP) is 1.83. The molecule has 1 fully saturated rings. The molecule has 2 rings (SSSR count). The Morgan fingerprint density at radius 3 is 2.44 bits per heavy atom. The van der Waals surface area contributed by atoms with Crippen LogP contribution in [0, 0.1) is 19.8 Å². The lowest BCUT2D eigenvalue weighted by molar-refractivity contribution is 0.412. The third kappa shape index (κ3) is 2.64. The Morgan fingerprint density at radius 2 is 1.89 bits per heavy atom. The number of nitrogens with two attached hydrogens (primary N) is 1. The van der Waals surface area contributed by atoms with Crippen molar-refractivity contribution in [3.05, 3.63) is 17.1 Å². The molecule has 0 amide bonds. The molecule has 1 aromatic heterocycles. The van der Waals surface area contributed by atoms with E-state index < -0.39 is 0 Å². The summed E-state index contributed by atoms with van der Waals surface area (Å²) in [6.45, 7) is 9.20. The predicted molar refractivity (Wildman–Crippen MR) is 74.9 cm³/mol. The molecule has 0 spiro atoms. The van der Waals surface area contributed by atoms with Crippen molar-refractivity contribution in [1.82, 2.24) is 9.97 Å². The van der Waals surface area contributed by atoms with Crippen molar-refractivity contribution in [1.29, 1.82) is 0 Å². The van der Waals surface area contributed by atoms with Crippen LogP contribution in [0.2, 0.25) is 0 Å². The van der Waals surface area contributed by atoms with E-state index in [0.717, 1.165) is 43.4 Å². The van der Waals surface area contributed by atoms with Gasteiger partial charge in [-0.2, -0.15) is 0 Å². The number of hydrogen-bond donors (Lipinski definition) is 1. The van der Waals surface area contributed by atoms with Crippen molar-refractivity contribution >= 4 is 5.82 Å². The van der Waals surface area contributed by atoms with E-state index in [1.165, 1.54) is 18.4 Å². The van der Waals surface area contributed by atoms with Crippen LogP contribution >= 0.6 is 0 Å². The van der Waals surface area contributed by atoms with Gasteiger partial charge in [0, 0.05) is 24.3 Å². The Labute approximate surface area is 110 Å². The SMILES string of the molecule is CCc1c(C)nc(C)nc1N1CCC(CN)CC1. The van der Waals surface area contributed by atoms with E-state index >= 15 is 0 Å². The van der Waals surface area contributed by atoms with Gasteiger partial charge < -0.3 is 10.6 Å². The highest BCUT2D eigenvalue weighted by atomic mass is 15.2. The van der Waals surface area contributed by atoms with Crippen molar-refractivity contribution in [2.75, 3.05) is 24.5 Å². The summed E-state index contributed by atoms with van der Waals surface area (Å²) < 4.78 is 0. The largest absolute Gasteiger partial charge is 0.356 e. The van der Waals surface area contributed by atoms with Crippen molar-refractivity contribution in [3.8, 4) is 0 Å². The maximum atomic E-state index is 5.75. The number of nitrogens with zero attached hydrogens (tertiary/aromatic N) is 3. The van der Waals surface area contributed by atoms with Crippen LogP contribution in [0.15, 0.2) is 0 Å². The molecular formula is C14H24N4. The molecule has 0 aromatic carbocycles. The molecule has 0 radical (unpaired) electrons. The van der Waals surface area contributed by atoms with E-state index in [1.807, 2.05) is 6.92 Å². The minimum atomic E-state index is 0.690. The molecule has 1 saturated heterocycles. The topological polar surface area (TPSA) is 55.0 Å². The Morgan fingerprint density at radius 1 is 1.22 bits per heavy atom. The standard InChI is InChI=1S/C14H24N4/c1-4-13-10(2)16-11(3)17-14(13)18-7-5-12(9-15)6-8-18/h12H,4-9,15H2,1-3H3. The maximum absolute atomic E-state index is 5.75. The Kier molecular flexibility index (Phi) is 4.17. The smallest absolute Gasteiger partial charge is 0.135 e. The lowest BCUT2D eigenvalue weighted by Crippen LogP contribution is -2.37. The number of piperidine rings is 1. The molecule has 18 heavy (non-hydrogen) atoms. The van der Waals surface area contributed by atoms with Crippen LogP contribution in [-0.2, 0) is 6.42 Å². The molecule has 1 aliphatic rings. The van der Waals surface area contributed by atoms with Gasteiger partial charge in [-0.3, -0.25) is 0 Å². The van der Waals surface area contributed by atoms with Crippen molar-refractivity contribution in [2.45, 2.75) is 40.0 Å². The third-order valence-corrected chi connectivity index (χ3v) is 3.90. The third-order valence-electron chi connectivity index (χ3n) is 3.90. The highest BCUT2D eigenvalue weighted by Gasteiger charge is 2.22. The van der Waals surface area contributed by atoms with Gasteiger partial charge in [0.15, 0.2) is 0 Å². The summed E-state index contributed by atoms with van der Waals surface area (Å²) in [6, 6.07) is 0. The summed E-state index contributed by atoms with van der Waals surface area (Å²) in [5, 5.41) is 0. The highest BCUT2D eigenvalue weighted by molar-refractivity contribution is 5.49. The summed E-state index contributed by atoms with van der Waals surface area (Å²) in [5.41, 5.74) is 8.17. The van der Waals surface area contributed by atoms with E-state index in [9.17, 15) is 0 Å². The molecule has 0 unspecified atom stereocenters. The molecule has 0 bridgehead atoms. The molecular weight excluding hydrogens is 224 g/mol. The number of rotatable bonds is 3. The fraction of sp³-hybridized carbons (Fsp3) is 0.714. The van der Waals surface area contributed by atoms with Gasteiger partial charge in [-0.1, -0.05) is 6.92 Å². The Hall–Kier alpha value is -1.16. The molecule has 100 valence electrons. The molecule has 1 aromatic rings. The lowest BCUT2D eigenvalue weighted by Gasteiger charge is -2.33. The summed E-state index contributed by atoms with van der Waals surface area (Å²) in [5.74, 6) is 2.72. The summed E-state index contributed by atoms with van der Waals surface area (Å²) >= 11 is 0. The molecule has 0 atom stereocenters. The normalized spacial score (nSPS) is 17.2. The number of anilines is 1. The zero-order valence-electron chi connectivity index (χ0n) is 11.7. The fourth-order valence-electron chi connectivity index (χ4n) is 2.77. The van der Waals surface area contributed by atoms with Crippen LogP contribution < -0.4 is 10.6 Å². The first kappa shape index (κ1) is 13.3. The van der Waals surface area contributed by atoms with Gasteiger partial charge in [-0.25, -0.2) is 9.97 Å². The summed E-state index contributed by atoms with van der Waals surface area (Å²) in [7, 11) is 0. The minimum Gasteiger partial charge on any atom is -0.356 e. The average molecular weight is 248 g/mol. The minimum absolute atomic E-state index is 0.690. The maximum Gasteiger partial charge on any atom is 0.135 e. The molecule has 0 aliphatic carbocycles. The molecule has 0 saturated carbocycles. The highest BCUT2D eigenvalue weighted by Crippen LogP contribution is 2.26. The van der Waals surface area contributed by atoms with Crippen LogP contribution in [0.4, 0.5) is 5.82 Å². The van der Waals surface area contributed by atoms with E-state index in [0.29, 0.717) is 5.92 Å². The zero-order chi connectivity index (χ0) is 13.1. The van der Waals surface area contributed by atoms with Crippen molar-refractivity contribution in [2.24, 2.45) is 11.7 Å². The van der Waals surface area contributed by atoms with E-state index in [2.05, 4.69) is 28.7 Å². The van der Waals surface area contributed by atoms with Gasteiger partial charge in [0.1, 0.15) is 11.6 Å². The second-order valence-corrected chi connectivity index (χ2v) is 5.18. The van der Waals surface area contributed by atoms with Crippen molar-refractivity contribution in [3.63, 3.8) is 0 Å². The lowest BCUT2D eigenvalue weighted by atomic mass is 9.96. The second-order valence-electron chi connectivity index (χ2n) is 5.18. The first-order valence-electron chi connectivity index (χ1n) is 6.94. The van der Waals surface area contributed by atoms with Gasteiger partial charge >= 0.3 is 0 Å². The molecule has 2 heterocycles. The fourth-order valence-corrected chi connectivity index (χ4v) is 2.77. The first-order valence-corrected chi connectivity index (χ1v) is 6.94. The molecule has 1 aliphatic heterocycles. The van der Waals surface area contributed by atoms with Gasteiger partial charge in [0.2, 0.25) is 0 Å². The quantitative estimate of drug-likeness (QED) is 0.886. The van der Waals surface area contributed by atoms with Crippen LogP contribution in [0.3, 0.4) is 0 Å². The monoisotopic (exact) mass is 248 g/mol. The van der Waals surface area contributed by atoms with Gasteiger partial charge in [0.25, 0.3) is 0 Å². The molecule has 4 nitrogen and oxygen atoms in total. The first-order chi connectivity index (χ1) is 8.65. The second kappa shape index (κ2) is 5.65. The molecule has 4 heteroatoms. The van der Waals surface area contributed by atoms with E-state index in [-0.39, 0.29) is 0 Å². The summed E-state index contributed by atoms with van der Waals surface area (Å²) in [4.78, 5) is 11.5. The van der Waals surface area contributed by atoms with Crippen LogP contribution in [0.25, 0.3) is 0 Å². The van der Waals surface area contributed by atoms with Crippen LogP contribution in [0.5, 0.6) is 0 Å². The van der Waals surface area contributed by atoms with E-state index in [1.54, 1.807) is 0 Å².